The predicted octanol–water partition coefficient (Wildman–Crippen LogP) is 0.674. The third kappa shape index (κ3) is 2.31. The maximum Gasteiger partial charge on any atom is 0.174 e. The monoisotopic (exact) mass is 233 g/mol. The predicted molar refractivity (Wildman–Crippen MR) is 61.6 cm³/mol. The SMILES string of the molecule is CCc1nc(CC)n(-c2cnc(CO)cn2)n1. The largest absolute Gasteiger partial charge is 0.390 e. The molecule has 0 aromatic carbocycles. The summed E-state index contributed by atoms with van der Waals surface area (Å²) in [5.41, 5.74) is 0.544. The van der Waals surface area contributed by atoms with Crippen LogP contribution in [0.5, 0.6) is 0 Å². The summed E-state index contributed by atoms with van der Waals surface area (Å²) in [5.74, 6) is 2.30. The Morgan fingerprint density at radius 1 is 1.18 bits per heavy atom. The van der Waals surface area contributed by atoms with Crippen molar-refractivity contribution in [3.05, 3.63) is 29.7 Å². The average molecular weight is 233 g/mol. The fourth-order valence-electron chi connectivity index (χ4n) is 1.49. The zero-order valence-electron chi connectivity index (χ0n) is 9.96. The molecule has 0 aliphatic heterocycles. The van der Waals surface area contributed by atoms with Gasteiger partial charge in [0.05, 0.1) is 24.7 Å². The van der Waals surface area contributed by atoms with E-state index in [2.05, 4.69) is 20.1 Å². The molecule has 2 rings (SSSR count). The van der Waals surface area contributed by atoms with Crippen molar-refractivity contribution in [2.45, 2.75) is 33.3 Å². The van der Waals surface area contributed by atoms with Crippen LogP contribution < -0.4 is 0 Å². The molecule has 2 heterocycles. The number of aromatic nitrogens is 5. The molecular weight excluding hydrogens is 218 g/mol. The van der Waals surface area contributed by atoms with E-state index >= 15 is 0 Å². The number of nitrogens with zero attached hydrogens (tertiary/aromatic N) is 5. The molecule has 2 aromatic heterocycles. The van der Waals surface area contributed by atoms with Crippen molar-refractivity contribution in [3.63, 3.8) is 0 Å². The van der Waals surface area contributed by atoms with E-state index in [1.807, 2.05) is 13.8 Å². The standard InChI is InChI=1S/C11H15N5O/c1-3-9-14-10(4-2)16(15-9)11-6-12-8(7-17)5-13-11/h5-6,17H,3-4,7H2,1-2H3. The lowest BCUT2D eigenvalue weighted by Crippen LogP contribution is -2.06. The molecule has 90 valence electrons. The molecule has 0 atom stereocenters. The quantitative estimate of drug-likeness (QED) is 0.840. The first kappa shape index (κ1) is 11.7. The van der Waals surface area contributed by atoms with Gasteiger partial charge in [0, 0.05) is 12.8 Å². The fourth-order valence-corrected chi connectivity index (χ4v) is 1.49. The minimum absolute atomic E-state index is 0.106. The van der Waals surface area contributed by atoms with Crippen LogP contribution in [0.15, 0.2) is 12.4 Å². The van der Waals surface area contributed by atoms with E-state index in [4.69, 9.17) is 5.11 Å². The van der Waals surface area contributed by atoms with Gasteiger partial charge < -0.3 is 5.11 Å². The average Bonchev–Trinajstić information content (AvgIpc) is 2.82. The minimum Gasteiger partial charge on any atom is -0.390 e. The first-order valence-corrected chi connectivity index (χ1v) is 5.65. The van der Waals surface area contributed by atoms with Crippen LogP contribution in [0.4, 0.5) is 0 Å². The summed E-state index contributed by atoms with van der Waals surface area (Å²) < 4.78 is 1.70. The zero-order valence-corrected chi connectivity index (χ0v) is 9.96. The molecule has 0 aliphatic rings. The van der Waals surface area contributed by atoms with Gasteiger partial charge in [0.25, 0.3) is 0 Å². The third-order valence-electron chi connectivity index (χ3n) is 2.42. The molecule has 0 bridgehead atoms. The molecule has 0 spiro atoms. The van der Waals surface area contributed by atoms with E-state index < -0.39 is 0 Å². The number of hydrogen-bond donors (Lipinski definition) is 1. The summed E-state index contributed by atoms with van der Waals surface area (Å²) in [5, 5.41) is 13.3. The lowest BCUT2D eigenvalue weighted by atomic mass is 10.4. The maximum atomic E-state index is 8.90. The molecule has 0 unspecified atom stereocenters. The number of hydrogen-bond acceptors (Lipinski definition) is 5. The van der Waals surface area contributed by atoms with E-state index in [0.29, 0.717) is 11.5 Å². The Hall–Kier alpha value is -1.82. The molecule has 0 fully saturated rings. The van der Waals surface area contributed by atoms with E-state index in [1.165, 1.54) is 0 Å². The van der Waals surface area contributed by atoms with Crippen LogP contribution in [0.3, 0.4) is 0 Å². The van der Waals surface area contributed by atoms with Crippen LogP contribution in [-0.4, -0.2) is 29.8 Å². The van der Waals surface area contributed by atoms with Gasteiger partial charge in [-0.05, 0) is 0 Å². The molecule has 0 amide bonds. The summed E-state index contributed by atoms with van der Waals surface area (Å²) in [4.78, 5) is 12.7. The summed E-state index contributed by atoms with van der Waals surface area (Å²) in [6.45, 7) is 3.93. The summed E-state index contributed by atoms with van der Waals surface area (Å²) in [6.07, 6.45) is 4.72. The highest BCUT2D eigenvalue weighted by atomic mass is 16.3. The molecule has 17 heavy (non-hydrogen) atoms. The van der Waals surface area contributed by atoms with Gasteiger partial charge in [-0.3, -0.25) is 4.98 Å². The molecule has 1 N–H and O–H groups in total. The van der Waals surface area contributed by atoms with E-state index in [0.717, 1.165) is 24.5 Å². The van der Waals surface area contributed by atoms with Crippen molar-refractivity contribution in [1.29, 1.82) is 0 Å². The highest BCUT2D eigenvalue weighted by Gasteiger charge is 2.10. The Morgan fingerprint density at radius 3 is 2.53 bits per heavy atom. The molecular formula is C11H15N5O. The van der Waals surface area contributed by atoms with Gasteiger partial charge in [-0.15, -0.1) is 5.10 Å². The lowest BCUT2D eigenvalue weighted by Gasteiger charge is -2.02. The highest BCUT2D eigenvalue weighted by Crippen LogP contribution is 2.08. The van der Waals surface area contributed by atoms with E-state index in [-0.39, 0.29) is 6.61 Å². The molecule has 0 saturated heterocycles. The van der Waals surface area contributed by atoms with Gasteiger partial charge in [0.2, 0.25) is 0 Å². The maximum absolute atomic E-state index is 8.90. The molecule has 0 saturated carbocycles. The number of rotatable bonds is 4. The summed E-state index contributed by atoms with van der Waals surface area (Å²) in [6, 6.07) is 0. The van der Waals surface area contributed by atoms with Crippen molar-refractivity contribution >= 4 is 0 Å². The Kier molecular flexibility index (Phi) is 3.43. The van der Waals surface area contributed by atoms with Crippen molar-refractivity contribution in [2.24, 2.45) is 0 Å². The van der Waals surface area contributed by atoms with Gasteiger partial charge in [0.15, 0.2) is 11.6 Å². The second-order valence-electron chi connectivity index (χ2n) is 3.59. The second kappa shape index (κ2) is 5.01. The summed E-state index contributed by atoms with van der Waals surface area (Å²) >= 11 is 0. The first-order chi connectivity index (χ1) is 8.28. The molecule has 2 aromatic rings. The lowest BCUT2D eigenvalue weighted by molar-refractivity contribution is 0.276. The summed E-state index contributed by atoms with van der Waals surface area (Å²) in [7, 11) is 0. The topological polar surface area (TPSA) is 76.7 Å². The first-order valence-electron chi connectivity index (χ1n) is 5.65. The number of aryl methyl sites for hydroxylation is 2. The van der Waals surface area contributed by atoms with Gasteiger partial charge in [-0.2, -0.15) is 4.68 Å². The third-order valence-corrected chi connectivity index (χ3v) is 2.42. The molecule has 0 radical (unpaired) electrons. The van der Waals surface area contributed by atoms with Crippen LogP contribution in [0.2, 0.25) is 0 Å². The van der Waals surface area contributed by atoms with Gasteiger partial charge in [0.1, 0.15) is 5.82 Å². The number of aliphatic hydroxyl groups is 1. The van der Waals surface area contributed by atoms with Crippen molar-refractivity contribution in [1.82, 2.24) is 24.7 Å². The molecule has 0 aliphatic carbocycles. The Labute approximate surface area is 99.4 Å². The van der Waals surface area contributed by atoms with Crippen molar-refractivity contribution < 1.29 is 5.11 Å². The second-order valence-corrected chi connectivity index (χ2v) is 3.59. The Bertz CT molecular complexity index is 491. The van der Waals surface area contributed by atoms with Crippen molar-refractivity contribution in [2.75, 3.05) is 0 Å². The van der Waals surface area contributed by atoms with Gasteiger partial charge in [-0.1, -0.05) is 13.8 Å². The van der Waals surface area contributed by atoms with Gasteiger partial charge >= 0.3 is 0 Å². The Morgan fingerprint density at radius 2 is 2.00 bits per heavy atom. The van der Waals surface area contributed by atoms with Crippen LogP contribution in [0, 0.1) is 0 Å². The minimum atomic E-state index is -0.106. The Balaban J connectivity index is 2.40. The molecule has 6 nitrogen and oxygen atoms in total. The van der Waals surface area contributed by atoms with Crippen LogP contribution in [0.1, 0.15) is 31.2 Å². The van der Waals surface area contributed by atoms with Crippen LogP contribution >= 0.6 is 0 Å². The zero-order chi connectivity index (χ0) is 12.3. The molecule has 6 heteroatoms. The van der Waals surface area contributed by atoms with Crippen LogP contribution in [0.25, 0.3) is 5.82 Å². The van der Waals surface area contributed by atoms with Gasteiger partial charge in [-0.25, -0.2) is 9.97 Å². The van der Waals surface area contributed by atoms with Crippen molar-refractivity contribution in [3.8, 4) is 5.82 Å². The van der Waals surface area contributed by atoms with E-state index in [9.17, 15) is 0 Å². The fraction of sp³-hybridized carbons (Fsp3) is 0.455. The van der Waals surface area contributed by atoms with Crippen LogP contribution in [-0.2, 0) is 19.4 Å². The number of aliphatic hydroxyl groups excluding tert-OH is 1. The highest BCUT2D eigenvalue weighted by molar-refractivity contribution is 5.19. The normalized spacial score (nSPS) is 10.8. The smallest absolute Gasteiger partial charge is 0.174 e. The van der Waals surface area contributed by atoms with E-state index in [1.54, 1.807) is 17.1 Å².